The third-order valence-electron chi connectivity index (χ3n) is 3.59. The molecule has 2 fully saturated rings. The normalized spacial score (nSPS) is 34.5. The van der Waals surface area contributed by atoms with Gasteiger partial charge in [-0.05, 0) is 32.2 Å². The van der Waals surface area contributed by atoms with Crippen molar-refractivity contribution in [1.82, 2.24) is 9.62 Å². The van der Waals surface area contributed by atoms with Gasteiger partial charge in [-0.15, -0.1) is 0 Å². The van der Waals surface area contributed by atoms with E-state index in [4.69, 9.17) is 0 Å². The summed E-state index contributed by atoms with van der Waals surface area (Å²) in [5.41, 5.74) is 0.0829. The van der Waals surface area contributed by atoms with Crippen molar-refractivity contribution in [1.29, 1.82) is 0 Å². The van der Waals surface area contributed by atoms with Gasteiger partial charge in [0, 0.05) is 18.6 Å². The smallest absolute Gasteiger partial charge is 0.211 e. The van der Waals surface area contributed by atoms with Gasteiger partial charge in [-0.2, -0.15) is 0 Å². The average Bonchev–Trinajstić information content (AvgIpc) is 2.18. The SMILES string of the molecule is CS(=O)(=O)N1CCCC2(CCCCN2)C1. The molecule has 2 aliphatic heterocycles. The van der Waals surface area contributed by atoms with Gasteiger partial charge in [-0.3, -0.25) is 0 Å². The predicted molar refractivity (Wildman–Crippen MR) is 60.2 cm³/mol. The number of rotatable bonds is 1. The fraction of sp³-hybridized carbons (Fsp3) is 1.00. The second kappa shape index (κ2) is 4.03. The first kappa shape index (κ1) is 11.4. The molecule has 1 atom stereocenters. The van der Waals surface area contributed by atoms with E-state index in [1.165, 1.54) is 19.1 Å². The molecule has 0 aromatic rings. The van der Waals surface area contributed by atoms with Crippen molar-refractivity contribution in [3.05, 3.63) is 0 Å². The molecule has 2 rings (SSSR count). The van der Waals surface area contributed by atoms with Crippen LogP contribution in [0.3, 0.4) is 0 Å². The molecule has 88 valence electrons. The molecule has 0 aliphatic carbocycles. The Balaban J connectivity index is 2.09. The molecule has 0 radical (unpaired) electrons. The Labute approximate surface area is 92.1 Å². The lowest BCUT2D eigenvalue weighted by Crippen LogP contribution is -2.59. The summed E-state index contributed by atoms with van der Waals surface area (Å²) in [5.74, 6) is 0. The maximum atomic E-state index is 11.5. The monoisotopic (exact) mass is 232 g/mol. The topological polar surface area (TPSA) is 49.4 Å². The van der Waals surface area contributed by atoms with Gasteiger partial charge in [-0.1, -0.05) is 6.42 Å². The van der Waals surface area contributed by atoms with Crippen molar-refractivity contribution in [2.24, 2.45) is 0 Å². The van der Waals surface area contributed by atoms with E-state index in [-0.39, 0.29) is 5.54 Å². The number of hydrogen-bond donors (Lipinski definition) is 1. The van der Waals surface area contributed by atoms with Crippen molar-refractivity contribution < 1.29 is 8.42 Å². The lowest BCUT2D eigenvalue weighted by molar-refractivity contribution is 0.150. The van der Waals surface area contributed by atoms with E-state index >= 15 is 0 Å². The van der Waals surface area contributed by atoms with Crippen LogP contribution in [-0.4, -0.2) is 44.2 Å². The van der Waals surface area contributed by atoms with Crippen LogP contribution in [0.5, 0.6) is 0 Å². The molecule has 2 saturated heterocycles. The second-order valence-corrected chi connectivity index (χ2v) is 6.85. The van der Waals surface area contributed by atoms with Gasteiger partial charge in [0.2, 0.25) is 10.0 Å². The highest BCUT2D eigenvalue weighted by Gasteiger charge is 2.38. The molecule has 1 spiro atoms. The summed E-state index contributed by atoms with van der Waals surface area (Å²) in [4.78, 5) is 0. The zero-order valence-electron chi connectivity index (χ0n) is 9.33. The minimum atomic E-state index is -3.01. The maximum Gasteiger partial charge on any atom is 0.211 e. The number of nitrogens with one attached hydrogen (secondary N) is 1. The Bertz CT molecular complexity index is 315. The van der Waals surface area contributed by atoms with Crippen LogP contribution >= 0.6 is 0 Å². The Morgan fingerprint density at radius 1 is 1.20 bits per heavy atom. The van der Waals surface area contributed by atoms with Crippen LogP contribution in [-0.2, 0) is 10.0 Å². The summed E-state index contributed by atoms with van der Waals surface area (Å²) in [6.45, 7) is 2.41. The fourth-order valence-electron chi connectivity index (χ4n) is 2.75. The Kier molecular flexibility index (Phi) is 3.05. The van der Waals surface area contributed by atoms with E-state index in [1.54, 1.807) is 4.31 Å². The van der Waals surface area contributed by atoms with Crippen LogP contribution in [0.15, 0.2) is 0 Å². The van der Waals surface area contributed by atoms with Crippen LogP contribution in [0.1, 0.15) is 32.1 Å². The van der Waals surface area contributed by atoms with Gasteiger partial charge in [0.1, 0.15) is 0 Å². The molecule has 0 aromatic heterocycles. The molecular formula is C10H20N2O2S. The molecule has 15 heavy (non-hydrogen) atoms. The molecule has 2 aliphatic rings. The van der Waals surface area contributed by atoms with Crippen molar-refractivity contribution in [3.63, 3.8) is 0 Å². The summed E-state index contributed by atoms with van der Waals surface area (Å²) >= 11 is 0. The molecule has 0 aromatic carbocycles. The Morgan fingerprint density at radius 3 is 2.53 bits per heavy atom. The van der Waals surface area contributed by atoms with Gasteiger partial charge in [0.25, 0.3) is 0 Å². The first-order valence-corrected chi connectivity index (χ1v) is 7.57. The third kappa shape index (κ3) is 2.52. The Morgan fingerprint density at radius 2 is 1.93 bits per heavy atom. The second-order valence-electron chi connectivity index (χ2n) is 4.86. The van der Waals surface area contributed by atoms with Gasteiger partial charge in [0.15, 0.2) is 0 Å². The molecule has 1 N–H and O–H groups in total. The summed E-state index contributed by atoms with van der Waals surface area (Å²) in [6.07, 6.45) is 7.00. The zero-order valence-corrected chi connectivity index (χ0v) is 10.1. The zero-order chi connectivity index (χ0) is 10.9. The summed E-state index contributed by atoms with van der Waals surface area (Å²) in [7, 11) is -3.01. The number of sulfonamides is 1. The third-order valence-corrected chi connectivity index (χ3v) is 4.84. The molecule has 0 bridgehead atoms. The van der Waals surface area contributed by atoms with Gasteiger partial charge < -0.3 is 5.32 Å². The summed E-state index contributed by atoms with van der Waals surface area (Å²) in [5, 5.41) is 3.53. The summed E-state index contributed by atoms with van der Waals surface area (Å²) < 4.78 is 24.7. The first-order valence-electron chi connectivity index (χ1n) is 5.72. The maximum absolute atomic E-state index is 11.5. The number of nitrogens with zero attached hydrogens (tertiary/aromatic N) is 1. The standard InChI is InChI=1S/C10H20N2O2S/c1-15(13,14)12-8-4-6-10(9-12)5-2-3-7-11-10/h11H,2-9H2,1H3. The van der Waals surface area contributed by atoms with E-state index < -0.39 is 10.0 Å². The van der Waals surface area contributed by atoms with Gasteiger partial charge in [0.05, 0.1) is 6.26 Å². The molecule has 2 heterocycles. The van der Waals surface area contributed by atoms with Crippen LogP contribution in [0, 0.1) is 0 Å². The highest BCUT2D eigenvalue weighted by Crippen LogP contribution is 2.30. The highest BCUT2D eigenvalue weighted by molar-refractivity contribution is 7.88. The number of piperidine rings is 2. The highest BCUT2D eigenvalue weighted by atomic mass is 32.2. The van der Waals surface area contributed by atoms with Crippen molar-refractivity contribution >= 4 is 10.0 Å². The molecule has 5 heteroatoms. The van der Waals surface area contributed by atoms with Crippen molar-refractivity contribution in [2.75, 3.05) is 25.9 Å². The van der Waals surface area contributed by atoms with Crippen LogP contribution in [0.2, 0.25) is 0 Å². The van der Waals surface area contributed by atoms with E-state index in [0.717, 1.165) is 25.8 Å². The van der Waals surface area contributed by atoms with Crippen molar-refractivity contribution in [2.45, 2.75) is 37.6 Å². The molecule has 0 saturated carbocycles. The van der Waals surface area contributed by atoms with Gasteiger partial charge in [-0.25, -0.2) is 12.7 Å². The molecule has 1 unspecified atom stereocenters. The van der Waals surface area contributed by atoms with Crippen molar-refractivity contribution in [3.8, 4) is 0 Å². The van der Waals surface area contributed by atoms with Crippen LogP contribution < -0.4 is 5.32 Å². The average molecular weight is 232 g/mol. The van der Waals surface area contributed by atoms with E-state index in [9.17, 15) is 8.42 Å². The first-order chi connectivity index (χ1) is 7.02. The minimum Gasteiger partial charge on any atom is -0.310 e. The molecule has 0 amide bonds. The van der Waals surface area contributed by atoms with Gasteiger partial charge >= 0.3 is 0 Å². The molecular weight excluding hydrogens is 212 g/mol. The van der Waals surface area contributed by atoms with Crippen LogP contribution in [0.4, 0.5) is 0 Å². The quantitative estimate of drug-likeness (QED) is 0.718. The lowest BCUT2D eigenvalue weighted by atomic mass is 9.82. The van der Waals surface area contributed by atoms with E-state index in [2.05, 4.69) is 5.32 Å². The lowest BCUT2D eigenvalue weighted by Gasteiger charge is -2.45. The van der Waals surface area contributed by atoms with Crippen LogP contribution in [0.25, 0.3) is 0 Å². The van der Waals surface area contributed by atoms with E-state index in [0.29, 0.717) is 13.1 Å². The fourth-order valence-corrected chi connectivity index (χ4v) is 3.69. The molecule has 4 nitrogen and oxygen atoms in total. The Hall–Kier alpha value is -0.130. The number of hydrogen-bond acceptors (Lipinski definition) is 3. The summed E-state index contributed by atoms with van der Waals surface area (Å²) in [6, 6.07) is 0. The van der Waals surface area contributed by atoms with E-state index in [1.807, 2.05) is 0 Å². The minimum absolute atomic E-state index is 0.0829. The largest absolute Gasteiger partial charge is 0.310 e. The predicted octanol–water partition coefficient (Wildman–Crippen LogP) is 0.554.